The molecule has 2 unspecified atom stereocenters. The third kappa shape index (κ3) is 6.04. The smallest absolute Gasteiger partial charge is 0.0617 e. The first-order chi connectivity index (χ1) is 7.59. The van der Waals surface area contributed by atoms with Gasteiger partial charge in [-0.05, 0) is 24.3 Å². The first-order valence-electron chi connectivity index (χ1n) is 5.51. The van der Waals surface area contributed by atoms with Gasteiger partial charge in [-0.1, -0.05) is 37.3 Å². The van der Waals surface area contributed by atoms with E-state index in [0.717, 1.165) is 12.8 Å². The van der Waals surface area contributed by atoms with E-state index in [4.69, 9.17) is 0 Å². The number of benzene rings is 1. The molecule has 0 aliphatic carbocycles. The lowest BCUT2D eigenvalue weighted by molar-refractivity contribution is -0.307. The van der Waals surface area contributed by atoms with E-state index in [-0.39, 0.29) is 18.5 Å². The maximum Gasteiger partial charge on any atom is 0.0617 e. The summed E-state index contributed by atoms with van der Waals surface area (Å²) in [7, 11) is 0. The maximum absolute atomic E-state index is 10.3. The Hall–Kier alpha value is -1.39. The van der Waals surface area contributed by atoms with Crippen LogP contribution in [0.1, 0.15) is 25.3 Å². The summed E-state index contributed by atoms with van der Waals surface area (Å²) in [5.74, 6) is -1.22. The van der Waals surface area contributed by atoms with Gasteiger partial charge in [-0.25, -0.2) is 0 Å². The number of quaternary nitrogens is 1. The SMILES string of the molecule is CC(CCc1ccccc1)C(O)CC(=O)[O-].[NH4+]. The standard InChI is InChI=1S/C13H18O3.H3N/c1-10(12(14)9-13(15)16)7-8-11-5-3-2-4-6-11;/h2-6,10,12,14H,7-9H2,1H3,(H,15,16);1H3. The van der Waals surface area contributed by atoms with Gasteiger partial charge in [0.2, 0.25) is 0 Å². The summed E-state index contributed by atoms with van der Waals surface area (Å²) in [6.45, 7) is 1.86. The van der Waals surface area contributed by atoms with E-state index >= 15 is 0 Å². The van der Waals surface area contributed by atoms with Crippen LogP contribution >= 0.6 is 0 Å². The summed E-state index contributed by atoms with van der Waals surface area (Å²) < 4.78 is 0. The first kappa shape index (κ1) is 15.6. The summed E-state index contributed by atoms with van der Waals surface area (Å²) >= 11 is 0. The summed E-state index contributed by atoms with van der Waals surface area (Å²) in [5, 5.41) is 19.9. The van der Waals surface area contributed by atoms with Gasteiger partial charge in [0, 0.05) is 12.4 Å². The van der Waals surface area contributed by atoms with Gasteiger partial charge in [0.05, 0.1) is 6.10 Å². The minimum atomic E-state index is -1.20. The molecule has 2 atom stereocenters. The monoisotopic (exact) mass is 239 g/mol. The van der Waals surface area contributed by atoms with Crippen LogP contribution in [0.4, 0.5) is 0 Å². The van der Waals surface area contributed by atoms with Crippen molar-refractivity contribution in [3.63, 3.8) is 0 Å². The predicted octanol–water partition coefficient (Wildman–Crippen LogP) is 1.13. The van der Waals surface area contributed by atoms with Crippen LogP contribution in [-0.4, -0.2) is 17.2 Å². The van der Waals surface area contributed by atoms with Gasteiger partial charge >= 0.3 is 0 Å². The number of aliphatic hydroxyl groups excluding tert-OH is 1. The van der Waals surface area contributed by atoms with E-state index in [1.54, 1.807) is 0 Å². The highest BCUT2D eigenvalue weighted by Crippen LogP contribution is 2.14. The Bertz CT molecular complexity index is 327. The Labute approximate surface area is 102 Å². The van der Waals surface area contributed by atoms with Gasteiger partial charge < -0.3 is 21.2 Å². The number of aryl methyl sites for hydroxylation is 1. The fraction of sp³-hybridized carbons (Fsp3) is 0.462. The van der Waals surface area contributed by atoms with Crippen LogP contribution in [0.5, 0.6) is 0 Å². The van der Waals surface area contributed by atoms with Crippen molar-refractivity contribution in [2.75, 3.05) is 0 Å². The highest BCUT2D eigenvalue weighted by molar-refractivity contribution is 5.64. The summed E-state index contributed by atoms with van der Waals surface area (Å²) in [5.41, 5.74) is 1.20. The Morgan fingerprint density at radius 1 is 1.35 bits per heavy atom. The van der Waals surface area contributed by atoms with Gasteiger partial charge in [0.1, 0.15) is 0 Å². The molecule has 5 N–H and O–H groups in total. The number of carboxylic acids is 1. The van der Waals surface area contributed by atoms with E-state index < -0.39 is 12.1 Å². The lowest BCUT2D eigenvalue weighted by Crippen LogP contribution is -2.30. The van der Waals surface area contributed by atoms with E-state index in [0.29, 0.717) is 0 Å². The van der Waals surface area contributed by atoms with E-state index in [1.807, 2.05) is 37.3 Å². The second-order valence-corrected chi connectivity index (χ2v) is 4.15. The topological polar surface area (TPSA) is 96.9 Å². The molecule has 0 aliphatic rings. The molecule has 0 heterocycles. The number of aliphatic hydroxyl groups is 1. The third-order valence-corrected chi connectivity index (χ3v) is 2.76. The molecule has 1 aromatic carbocycles. The van der Waals surface area contributed by atoms with Crippen molar-refractivity contribution in [1.82, 2.24) is 6.15 Å². The average Bonchev–Trinajstić information content (AvgIpc) is 2.26. The minimum Gasteiger partial charge on any atom is -0.550 e. The highest BCUT2D eigenvalue weighted by Gasteiger charge is 2.14. The van der Waals surface area contributed by atoms with Crippen LogP contribution in [-0.2, 0) is 11.2 Å². The van der Waals surface area contributed by atoms with Crippen molar-refractivity contribution < 1.29 is 15.0 Å². The number of carbonyl (C=O) groups excluding carboxylic acids is 1. The van der Waals surface area contributed by atoms with E-state index in [1.165, 1.54) is 5.56 Å². The number of hydrogen-bond acceptors (Lipinski definition) is 3. The fourth-order valence-corrected chi connectivity index (χ4v) is 1.60. The molecule has 4 nitrogen and oxygen atoms in total. The van der Waals surface area contributed by atoms with Gasteiger partial charge in [-0.3, -0.25) is 0 Å². The molecule has 1 aromatic rings. The summed E-state index contributed by atoms with van der Waals surface area (Å²) in [4.78, 5) is 10.3. The van der Waals surface area contributed by atoms with Crippen LogP contribution < -0.4 is 11.3 Å². The second-order valence-electron chi connectivity index (χ2n) is 4.15. The molecular weight excluding hydrogens is 218 g/mol. The number of hydrogen-bond donors (Lipinski definition) is 2. The minimum absolute atomic E-state index is 0. The van der Waals surface area contributed by atoms with E-state index in [2.05, 4.69) is 0 Å². The van der Waals surface area contributed by atoms with Crippen molar-refractivity contribution in [3.05, 3.63) is 35.9 Å². The zero-order chi connectivity index (χ0) is 12.0. The molecule has 0 bridgehead atoms. The van der Waals surface area contributed by atoms with Crippen molar-refractivity contribution in [2.24, 2.45) is 5.92 Å². The van der Waals surface area contributed by atoms with Crippen LogP contribution in [0, 0.1) is 5.92 Å². The fourth-order valence-electron chi connectivity index (χ4n) is 1.60. The number of rotatable bonds is 6. The zero-order valence-electron chi connectivity index (χ0n) is 10.4. The van der Waals surface area contributed by atoms with Crippen molar-refractivity contribution in [2.45, 2.75) is 32.3 Å². The highest BCUT2D eigenvalue weighted by atomic mass is 16.4. The molecule has 0 amide bonds. The van der Waals surface area contributed by atoms with Crippen LogP contribution in [0.25, 0.3) is 0 Å². The average molecular weight is 239 g/mol. The predicted molar refractivity (Wildman–Crippen MR) is 65.5 cm³/mol. The van der Waals surface area contributed by atoms with Crippen molar-refractivity contribution >= 4 is 5.97 Å². The lowest BCUT2D eigenvalue weighted by Gasteiger charge is -2.19. The van der Waals surface area contributed by atoms with Gasteiger partial charge in [-0.15, -0.1) is 0 Å². The molecule has 4 heteroatoms. The molecular formula is C13H21NO3. The van der Waals surface area contributed by atoms with Crippen LogP contribution in [0.15, 0.2) is 30.3 Å². The van der Waals surface area contributed by atoms with Gasteiger partial charge in [0.25, 0.3) is 0 Å². The number of carbonyl (C=O) groups is 1. The second kappa shape index (κ2) is 7.81. The number of carboxylic acid groups (broad SMARTS) is 1. The zero-order valence-corrected chi connectivity index (χ0v) is 10.4. The van der Waals surface area contributed by atoms with Crippen molar-refractivity contribution in [3.8, 4) is 0 Å². The Balaban J connectivity index is 0.00000256. The molecule has 0 radical (unpaired) electrons. The third-order valence-electron chi connectivity index (χ3n) is 2.76. The quantitative estimate of drug-likeness (QED) is 0.778. The largest absolute Gasteiger partial charge is 0.550 e. The summed E-state index contributed by atoms with van der Waals surface area (Å²) in [6.07, 6.45) is 0.536. The Morgan fingerprint density at radius 3 is 2.47 bits per heavy atom. The molecule has 0 saturated carbocycles. The molecule has 0 aliphatic heterocycles. The number of aliphatic carboxylic acids is 1. The van der Waals surface area contributed by atoms with Gasteiger partial charge in [0.15, 0.2) is 0 Å². The Morgan fingerprint density at radius 2 is 1.94 bits per heavy atom. The van der Waals surface area contributed by atoms with Crippen LogP contribution in [0.2, 0.25) is 0 Å². The molecule has 1 rings (SSSR count). The normalized spacial score (nSPS) is 13.5. The molecule has 96 valence electrons. The van der Waals surface area contributed by atoms with Crippen LogP contribution in [0.3, 0.4) is 0 Å². The van der Waals surface area contributed by atoms with Gasteiger partial charge in [-0.2, -0.15) is 0 Å². The molecule has 17 heavy (non-hydrogen) atoms. The van der Waals surface area contributed by atoms with Crippen molar-refractivity contribution in [1.29, 1.82) is 0 Å². The molecule has 0 aromatic heterocycles. The molecule has 0 spiro atoms. The maximum atomic E-state index is 10.3. The first-order valence-corrected chi connectivity index (χ1v) is 5.51. The summed E-state index contributed by atoms with van der Waals surface area (Å²) in [6, 6.07) is 9.95. The lowest BCUT2D eigenvalue weighted by atomic mass is 9.94. The molecule has 0 saturated heterocycles. The Kier molecular flexibility index (Phi) is 7.18. The van der Waals surface area contributed by atoms with E-state index in [9.17, 15) is 15.0 Å². The molecule has 0 fully saturated rings.